The van der Waals surface area contributed by atoms with Crippen molar-refractivity contribution in [2.75, 3.05) is 5.32 Å². The van der Waals surface area contributed by atoms with Crippen LogP contribution in [0.25, 0.3) is 0 Å². The molecule has 0 spiro atoms. The quantitative estimate of drug-likeness (QED) is 0.670. The van der Waals surface area contributed by atoms with Crippen molar-refractivity contribution in [3.63, 3.8) is 0 Å². The Hall–Kier alpha value is -2.01. The van der Waals surface area contributed by atoms with Crippen LogP contribution in [-0.2, 0) is 0 Å². The van der Waals surface area contributed by atoms with E-state index in [2.05, 4.69) is 5.32 Å². The van der Waals surface area contributed by atoms with Crippen molar-refractivity contribution < 1.29 is 9.34 Å². The van der Waals surface area contributed by atoms with Crippen molar-refractivity contribution in [1.29, 1.82) is 0 Å². The zero-order valence-corrected chi connectivity index (χ0v) is 10.3. The third-order valence-corrected chi connectivity index (χ3v) is 2.87. The third kappa shape index (κ3) is 2.62. The fourth-order valence-electron chi connectivity index (χ4n) is 1.60. The summed E-state index contributed by atoms with van der Waals surface area (Å²) < 4.78 is 4.99. The Morgan fingerprint density at radius 2 is 2.22 bits per heavy atom. The smallest absolute Gasteiger partial charge is 0.288 e. The predicted octanol–water partition coefficient (Wildman–Crippen LogP) is 4.01. The van der Waals surface area contributed by atoms with Crippen molar-refractivity contribution in [3.8, 4) is 0 Å². The maximum atomic E-state index is 10.6. The number of hydrogen-bond donors (Lipinski definition) is 1. The van der Waals surface area contributed by atoms with Crippen molar-refractivity contribution in [2.24, 2.45) is 0 Å². The van der Waals surface area contributed by atoms with Crippen molar-refractivity contribution in [2.45, 2.75) is 13.0 Å². The van der Waals surface area contributed by atoms with E-state index in [1.807, 2.05) is 13.0 Å². The van der Waals surface area contributed by atoms with Crippen LogP contribution in [0.4, 0.5) is 11.4 Å². The molecule has 1 aromatic carbocycles. The summed E-state index contributed by atoms with van der Waals surface area (Å²) in [6.07, 6.45) is 3.24. The molecule has 0 aliphatic rings. The van der Waals surface area contributed by atoms with Crippen LogP contribution in [0.3, 0.4) is 0 Å². The van der Waals surface area contributed by atoms with Crippen LogP contribution in [0.1, 0.15) is 18.5 Å². The number of anilines is 1. The number of rotatable bonds is 4. The van der Waals surface area contributed by atoms with E-state index >= 15 is 0 Å². The second-order valence-electron chi connectivity index (χ2n) is 3.85. The lowest BCUT2D eigenvalue weighted by Crippen LogP contribution is -2.05. The number of benzene rings is 1. The van der Waals surface area contributed by atoms with Crippen LogP contribution in [0.15, 0.2) is 41.2 Å². The molecule has 2 aromatic rings. The molecule has 0 radical (unpaired) electrons. The van der Waals surface area contributed by atoms with Gasteiger partial charge in [0.1, 0.15) is 5.02 Å². The van der Waals surface area contributed by atoms with Gasteiger partial charge in [0, 0.05) is 17.3 Å². The van der Waals surface area contributed by atoms with Gasteiger partial charge in [0.25, 0.3) is 5.69 Å². The van der Waals surface area contributed by atoms with E-state index < -0.39 is 4.92 Å². The number of nitro groups is 1. The Morgan fingerprint density at radius 3 is 2.78 bits per heavy atom. The molecule has 1 unspecified atom stereocenters. The van der Waals surface area contributed by atoms with Gasteiger partial charge in [-0.05, 0) is 25.1 Å². The third-order valence-electron chi connectivity index (χ3n) is 2.57. The van der Waals surface area contributed by atoms with Crippen LogP contribution in [0, 0.1) is 10.1 Å². The van der Waals surface area contributed by atoms with Crippen molar-refractivity contribution in [3.05, 3.63) is 57.5 Å². The van der Waals surface area contributed by atoms with E-state index in [9.17, 15) is 10.1 Å². The zero-order valence-electron chi connectivity index (χ0n) is 9.59. The molecule has 1 N–H and O–H groups in total. The molecule has 0 amide bonds. The van der Waals surface area contributed by atoms with E-state index in [0.717, 1.165) is 11.3 Å². The molecule has 0 bridgehead atoms. The van der Waals surface area contributed by atoms with Crippen LogP contribution >= 0.6 is 11.6 Å². The molecule has 0 fully saturated rings. The van der Waals surface area contributed by atoms with Gasteiger partial charge in [0.15, 0.2) is 0 Å². The first-order chi connectivity index (χ1) is 8.58. The largest absolute Gasteiger partial charge is 0.472 e. The molecule has 1 aromatic heterocycles. The topological polar surface area (TPSA) is 68.3 Å². The SMILES string of the molecule is CC(Nc1ccc([N+](=O)[O-])c(Cl)c1)c1ccoc1. The Bertz CT molecular complexity index is 554. The van der Waals surface area contributed by atoms with Gasteiger partial charge in [-0.15, -0.1) is 0 Å². The molecule has 1 atom stereocenters. The Morgan fingerprint density at radius 1 is 1.44 bits per heavy atom. The zero-order chi connectivity index (χ0) is 13.1. The molecule has 0 aliphatic heterocycles. The molecule has 18 heavy (non-hydrogen) atoms. The van der Waals surface area contributed by atoms with Gasteiger partial charge in [-0.3, -0.25) is 10.1 Å². The lowest BCUT2D eigenvalue weighted by Gasteiger charge is -2.13. The fraction of sp³-hybridized carbons (Fsp3) is 0.167. The van der Waals surface area contributed by atoms with Gasteiger partial charge >= 0.3 is 0 Å². The minimum atomic E-state index is -0.508. The first-order valence-electron chi connectivity index (χ1n) is 5.30. The number of nitrogens with zero attached hydrogens (tertiary/aromatic N) is 1. The fourth-order valence-corrected chi connectivity index (χ4v) is 1.85. The van der Waals surface area contributed by atoms with E-state index in [0.29, 0.717) is 0 Å². The number of nitro benzene ring substituents is 1. The second-order valence-corrected chi connectivity index (χ2v) is 4.25. The van der Waals surface area contributed by atoms with Crippen molar-refractivity contribution in [1.82, 2.24) is 0 Å². The highest BCUT2D eigenvalue weighted by atomic mass is 35.5. The van der Waals surface area contributed by atoms with E-state index in [4.69, 9.17) is 16.0 Å². The first-order valence-corrected chi connectivity index (χ1v) is 5.68. The lowest BCUT2D eigenvalue weighted by atomic mass is 10.1. The summed E-state index contributed by atoms with van der Waals surface area (Å²) in [5.41, 5.74) is 1.61. The molecule has 0 saturated heterocycles. The average molecular weight is 267 g/mol. The highest BCUT2D eigenvalue weighted by Gasteiger charge is 2.13. The Kier molecular flexibility index (Phi) is 3.53. The van der Waals surface area contributed by atoms with Crippen LogP contribution < -0.4 is 5.32 Å². The summed E-state index contributed by atoms with van der Waals surface area (Å²) in [5, 5.41) is 13.9. The van der Waals surface area contributed by atoms with E-state index in [1.165, 1.54) is 12.1 Å². The molecular weight excluding hydrogens is 256 g/mol. The predicted molar refractivity (Wildman–Crippen MR) is 68.9 cm³/mol. The highest BCUT2D eigenvalue weighted by molar-refractivity contribution is 6.32. The first kappa shape index (κ1) is 12.4. The molecule has 1 heterocycles. The lowest BCUT2D eigenvalue weighted by molar-refractivity contribution is -0.384. The molecular formula is C12H11ClN2O3. The van der Waals surface area contributed by atoms with Crippen LogP contribution in [-0.4, -0.2) is 4.92 Å². The van der Waals surface area contributed by atoms with Gasteiger partial charge in [0.05, 0.1) is 23.5 Å². The minimum absolute atomic E-state index is 0.0290. The molecule has 0 aliphatic carbocycles. The van der Waals surface area contributed by atoms with E-state index in [1.54, 1.807) is 18.6 Å². The number of hydrogen-bond acceptors (Lipinski definition) is 4. The summed E-state index contributed by atoms with van der Waals surface area (Å²) in [6, 6.07) is 6.43. The standard InChI is InChI=1S/C12H11ClN2O3/c1-8(9-4-5-18-7-9)14-10-2-3-12(15(16)17)11(13)6-10/h2-8,14H,1H3. The summed E-state index contributed by atoms with van der Waals surface area (Å²) >= 11 is 5.83. The number of halogens is 1. The summed E-state index contributed by atoms with van der Waals surface area (Å²) in [6.45, 7) is 1.96. The summed E-state index contributed by atoms with van der Waals surface area (Å²) in [4.78, 5) is 10.1. The van der Waals surface area contributed by atoms with E-state index in [-0.39, 0.29) is 16.8 Å². The van der Waals surface area contributed by atoms with Gasteiger partial charge < -0.3 is 9.73 Å². The van der Waals surface area contributed by atoms with Gasteiger partial charge in [-0.25, -0.2) is 0 Å². The van der Waals surface area contributed by atoms with Gasteiger partial charge in [-0.2, -0.15) is 0 Å². The number of nitrogens with one attached hydrogen (secondary N) is 1. The Balaban J connectivity index is 2.15. The average Bonchev–Trinajstić information content (AvgIpc) is 2.81. The van der Waals surface area contributed by atoms with Gasteiger partial charge in [-0.1, -0.05) is 11.6 Å². The summed E-state index contributed by atoms with van der Waals surface area (Å²) in [5.74, 6) is 0. The Labute approximate surface area is 109 Å². The van der Waals surface area contributed by atoms with Gasteiger partial charge in [0.2, 0.25) is 0 Å². The monoisotopic (exact) mass is 266 g/mol. The van der Waals surface area contributed by atoms with Crippen molar-refractivity contribution >= 4 is 23.0 Å². The minimum Gasteiger partial charge on any atom is -0.472 e. The maximum Gasteiger partial charge on any atom is 0.288 e. The highest BCUT2D eigenvalue weighted by Crippen LogP contribution is 2.29. The van der Waals surface area contributed by atoms with Crippen LogP contribution in [0.2, 0.25) is 5.02 Å². The second kappa shape index (κ2) is 5.10. The molecule has 6 heteroatoms. The number of furan rings is 1. The molecule has 5 nitrogen and oxygen atoms in total. The van der Waals surface area contributed by atoms with Crippen LogP contribution in [0.5, 0.6) is 0 Å². The maximum absolute atomic E-state index is 10.6. The molecule has 2 rings (SSSR count). The molecule has 0 saturated carbocycles. The normalized spacial score (nSPS) is 12.1. The molecule has 94 valence electrons. The summed E-state index contributed by atoms with van der Waals surface area (Å²) in [7, 11) is 0.